The highest BCUT2D eigenvalue weighted by molar-refractivity contribution is 8.20. The van der Waals surface area contributed by atoms with E-state index in [-0.39, 0.29) is 28.0 Å². The highest BCUT2D eigenvalue weighted by atomic mass is 32.2. The summed E-state index contributed by atoms with van der Waals surface area (Å²) in [6, 6.07) is 9.56. The molecule has 3 aliphatic rings. The molecule has 55 heavy (non-hydrogen) atoms. The van der Waals surface area contributed by atoms with Gasteiger partial charge in [-0.1, -0.05) is 80.3 Å². The van der Waals surface area contributed by atoms with Crippen LogP contribution in [0, 0.1) is 11.8 Å². The van der Waals surface area contributed by atoms with Crippen LogP contribution >= 0.6 is 23.5 Å². The molecule has 2 unspecified atom stereocenters. The second-order valence-corrected chi connectivity index (χ2v) is 17.2. The molecule has 3 atom stereocenters. The molecule has 1 aliphatic carbocycles. The first-order valence-electron chi connectivity index (χ1n) is 19.7. The van der Waals surface area contributed by atoms with Crippen molar-refractivity contribution in [3.8, 4) is 0 Å². The van der Waals surface area contributed by atoms with Crippen molar-refractivity contribution in [3.63, 3.8) is 0 Å². The standard InChI is InChI=1S/C43H56N6O4S2/c1-4-13-32(39(50)48-37(26-29(3)5-2)40(51)45-28-34-17-11-12-23-44-34)19-21-33(27-30-14-7-6-8-15-30)46-42(53)38(43-54-24-25-55-43)49-41(52)36-22-20-31-16-9-10-18-35(31)47-36/h4,9-11,16-18,20,22,26-27,30,32,37-38,43H,1,5-8,12-15,19,21,23-25,28H2,2-3H3,(H,45,51)(H,46,53)(H,48,50)(H,49,52)/b29-26?,33-27+/t32?,37?,38-/m1/s1. The largest absolute Gasteiger partial charge is 0.348 e. The van der Waals surface area contributed by atoms with Crippen molar-refractivity contribution in [1.82, 2.24) is 26.3 Å². The van der Waals surface area contributed by atoms with Crippen LogP contribution in [0.4, 0.5) is 0 Å². The molecule has 294 valence electrons. The van der Waals surface area contributed by atoms with Crippen molar-refractivity contribution in [2.24, 2.45) is 16.8 Å². The minimum atomic E-state index is -0.840. The molecule has 5 rings (SSSR count). The zero-order valence-electron chi connectivity index (χ0n) is 32.2. The van der Waals surface area contributed by atoms with Crippen molar-refractivity contribution in [1.29, 1.82) is 0 Å². The van der Waals surface area contributed by atoms with E-state index in [9.17, 15) is 19.2 Å². The summed E-state index contributed by atoms with van der Waals surface area (Å²) in [5.74, 6) is 0.422. The van der Waals surface area contributed by atoms with Gasteiger partial charge in [-0.3, -0.25) is 24.2 Å². The third kappa shape index (κ3) is 13.0. The van der Waals surface area contributed by atoms with E-state index in [4.69, 9.17) is 0 Å². The summed E-state index contributed by atoms with van der Waals surface area (Å²) in [5.41, 5.74) is 3.53. The summed E-state index contributed by atoms with van der Waals surface area (Å²) in [4.78, 5) is 64.1. The summed E-state index contributed by atoms with van der Waals surface area (Å²) in [6.45, 7) is 8.88. The van der Waals surface area contributed by atoms with E-state index < -0.39 is 23.9 Å². The number of pyridine rings is 1. The van der Waals surface area contributed by atoms with Crippen molar-refractivity contribution in [2.75, 3.05) is 24.6 Å². The average molecular weight is 785 g/mol. The summed E-state index contributed by atoms with van der Waals surface area (Å²) in [7, 11) is 0. The smallest absolute Gasteiger partial charge is 0.270 e. The number of fused-ring (bicyclic) bond motifs is 1. The minimum absolute atomic E-state index is 0.149. The van der Waals surface area contributed by atoms with Gasteiger partial charge in [0, 0.05) is 35.1 Å². The quantitative estimate of drug-likeness (QED) is 0.119. The maximum atomic E-state index is 14.2. The van der Waals surface area contributed by atoms with E-state index in [2.05, 4.69) is 43.9 Å². The van der Waals surface area contributed by atoms with Crippen LogP contribution < -0.4 is 21.3 Å². The van der Waals surface area contributed by atoms with Gasteiger partial charge in [-0.05, 0) is 76.0 Å². The van der Waals surface area contributed by atoms with Gasteiger partial charge in [0.05, 0.1) is 22.4 Å². The monoisotopic (exact) mass is 784 g/mol. The Kier molecular flexibility index (Phi) is 16.6. The number of aromatic nitrogens is 1. The first kappa shape index (κ1) is 42.0. The predicted octanol–water partition coefficient (Wildman–Crippen LogP) is 7.05. The summed E-state index contributed by atoms with van der Waals surface area (Å²) >= 11 is 3.34. The Hall–Kier alpha value is -4.16. The molecule has 2 aliphatic heterocycles. The fourth-order valence-electron chi connectivity index (χ4n) is 6.94. The van der Waals surface area contributed by atoms with Crippen LogP contribution in [0.5, 0.6) is 0 Å². The van der Waals surface area contributed by atoms with Crippen molar-refractivity contribution in [3.05, 3.63) is 90.3 Å². The number of aliphatic imine (C=N–C) groups is 1. The number of nitrogens with zero attached hydrogens (tertiary/aromatic N) is 2. The first-order chi connectivity index (χ1) is 26.7. The average Bonchev–Trinajstić information content (AvgIpc) is 3.75. The van der Waals surface area contributed by atoms with E-state index >= 15 is 0 Å². The third-order valence-corrected chi connectivity index (χ3v) is 13.4. The minimum Gasteiger partial charge on any atom is -0.348 e. The lowest BCUT2D eigenvalue weighted by molar-refractivity contribution is -0.130. The van der Waals surface area contributed by atoms with E-state index in [1.165, 1.54) is 6.42 Å². The normalized spacial score (nSPS) is 18.5. The van der Waals surface area contributed by atoms with Gasteiger partial charge >= 0.3 is 0 Å². The van der Waals surface area contributed by atoms with Crippen LogP contribution in [0.2, 0.25) is 0 Å². The Labute approximate surface area is 334 Å². The predicted molar refractivity (Wildman–Crippen MR) is 227 cm³/mol. The number of hydrogen-bond acceptors (Lipinski definition) is 8. The number of amides is 4. The topological polar surface area (TPSA) is 142 Å². The number of hydrogen-bond donors (Lipinski definition) is 4. The fraction of sp³-hybridized carbons (Fsp3) is 0.488. The number of carbonyl (C=O) groups is 4. The molecule has 4 amide bonds. The number of nitrogens with one attached hydrogen (secondary N) is 4. The molecule has 12 heteroatoms. The zero-order chi connectivity index (χ0) is 39.0. The Morgan fingerprint density at radius 3 is 2.49 bits per heavy atom. The van der Waals surface area contributed by atoms with Gasteiger partial charge in [-0.15, -0.1) is 30.1 Å². The second-order valence-electron chi connectivity index (χ2n) is 14.4. The number of allylic oxidation sites excluding steroid dienone is 4. The molecule has 2 aromatic rings. The number of thioether (sulfide) groups is 2. The number of para-hydroxylation sites is 1. The van der Waals surface area contributed by atoms with Gasteiger partial charge in [-0.2, -0.15) is 0 Å². The van der Waals surface area contributed by atoms with Gasteiger partial charge < -0.3 is 21.3 Å². The lowest BCUT2D eigenvalue weighted by atomic mass is 9.87. The van der Waals surface area contributed by atoms with Crippen LogP contribution in [0.15, 0.2) is 89.6 Å². The number of carbonyl (C=O) groups excluding carboxylic acids is 4. The van der Waals surface area contributed by atoms with Crippen LogP contribution in [0.1, 0.15) is 88.5 Å². The molecular weight excluding hydrogens is 729 g/mol. The molecule has 1 aromatic carbocycles. The van der Waals surface area contributed by atoms with Crippen LogP contribution in [0.3, 0.4) is 0 Å². The Morgan fingerprint density at radius 1 is 0.982 bits per heavy atom. The molecule has 10 nitrogen and oxygen atoms in total. The summed E-state index contributed by atoms with van der Waals surface area (Å²) < 4.78 is -0.149. The molecule has 0 radical (unpaired) electrons. The maximum Gasteiger partial charge on any atom is 0.270 e. The molecule has 1 aromatic heterocycles. The molecule has 3 heterocycles. The molecule has 0 bridgehead atoms. The van der Waals surface area contributed by atoms with Crippen LogP contribution in [-0.2, 0) is 14.4 Å². The first-order valence-corrected chi connectivity index (χ1v) is 21.8. The molecular formula is C43H56N6O4S2. The van der Waals surface area contributed by atoms with E-state index in [0.29, 0.717) is 43.8 Å². The van der Waals surface area contributed by atoms with E-state index in [1.807, 2.05) is 62.4 Å². The fourth-order valence-corrected chi connectivity index (χ4v) is 9.91. The summed E-state index contributed by atoms with van der Waals surface area (Å²) in [6.07, 6.45) is 18.2. The van der Waals surface area contributed by atoms with E-state index in [0.717, 1.165) is 72.4 Å². The Balaban J connectivity index is 1.30. The number of benzene rings is 1. The number of rotatable bonds is 18. The number of dihydropyridines is 1. The van der Waals surface area contributed by atoms with Crippen molar-refractivity contribution in [2.45, 2.75) is 94.7 Å². The lowest BCUT2D eigenvalue weighted by Crippen LogP contribution is -2.51. The summed E-state index contributed by atoms with van der Waals surface area (Å²) in [5, 5.41) is 13.1. The lowest BCUT2D eigenvalue weighted by Gasteiger charge is -2.26. The Morgan fingerprint density at radius 2 is 1.76 bits per heavy atom. The molecule has 0 spiro atoms. The van der Waals surface area contributed by atoms with Gasteiger partial charge in [0.25, 0.3) is 5.91 Å². The third-order valence-electron chi connectivity index (χ3n) is 10.2. The zero-order valence-corrected chi connectivity index (χ0v) is 33.8. The van der Waals surface area contributed by atoms with Crippen molar-refractivity contribution < 1.29 is 19.2 Å². The molecule has 1 saturated heterocycles. The Bertz CT molecular complexity index is 1790. The van der Waals surface area contributed by atoms with Crippen molar-refractivity contribution >= 4 is 63.8 Å². The van der Waals surface area contributed by atoms with Gasteiger partial charge in [0.1, 0.15) is 17.8 Å². The highest BCUT2D eigenvalue weighted by Crippen LogP contribution is 2.35. The molecule has 4 N–H and O–H groups in total. The van der Waals surface area contributed by atoms with Gasteiger partial charge in [0.15, 0.2) is 0 Å². The maximum absolute atomic E-state index is 14.2. The van der Waals surface area contributed by atoms with E-state index in [1.54, 1.807) is 35.7 Å². The van der Waals surface area contributed by atoms with Crippen LogP contribution in [-0.4, -0.2) is 75.6 Å². The molecule has 1 saturated carbocycles. The SMILES string of the molecule is C=CCC(CC/C(=C\C1CCCCC1)NC(=O)[C@@H](NC(=O)c1ccc2ccccc2n1)C1SCCS1)C(=O)NC(C=C(C)CC)C(=O)NCC1=NCCC=C1. The van der Waals surface area contributed by atoms with Gasteiger partial charge in [-0.25, -0.2) is 4.98 Å². The molecule has 2 fully saturated rings. The highest BCUT2D eigenvalue weighted by Gasteiger charge is 2.35. The van der Waals surface area contributed by atoms with Crippen LogP contribution in [0.25, 0.3) is 10.9 Å². The van der Waals surface area contributed by atoms with Gasteiger partial charge in [0.2, 0.25) is 17.7 Å². The second kappa shape index (κ2) is 21.8.